The number of rotatable bonds is 9. The molecule has 1 saturated carbocycles. The second kappa shape index (κ2) is 10.0. The second-order valence-corrected chi connectivity index (χ2v) is 11.1. The van der Waals surface area contributed by atoms with E-state index in [9.17, 15) is 18.0 Å². The number of sulfonamides is 1. The maximum atomic E-state index is 13.4. The highest BCUT2D eigenvalue weighted by Gasteiger charge is 2.56. The first-order valence-electron chi connectivity index (χ1n) is 11.7. The molecule has 1 aliphatic carbocycles. The van der Waals surface area contributed by atoms with E-state index in [2.05, 4.69) is 15.1 Å². The van der Waals surface area contributed by atoms with Crippen molar-refractivity contribution in [3.8, 4) is 0 Å². The van der Waals surface area contributed by atoms with Crippen LogP contribution in [0, 0.1) is 5.92 Å². The number of nitrogens with one attached hydrogen (secondary N) is 2. The molecule has 11 heteroatoms. The Labute approximate surface area is 205 Å². The van der Waals surface area contributed by atoms with E-state index in [0.29, 0.717) is 6.42 Å². The van der Waals surface area contributed by atoms with Crippen molar-refractivity contribution >= 4 is 38.7 Å². The smallest absolute Gasteiger partial charge is 0.241 e. The minimum Gasteiger partial charge on any atom is -0.343 e. The molecule has 0 spiro atoms. The molecule has 0 aromatic heterocycles. The van der Waals surface area contributed by atoms with E-state index in [0.717, 1.165) is 36.7 Å². The van der Waals surface area contributed by atoms with Gasteiger partial charge in [-0.2, -0.15) is 5.10 Å². The molecule has 1 heterocycles. The summed E-state index contributed by atoms with van der Waals surface area (Å²) < 4.78 is 29.1. The highest BCUT2D eigenvalue weighted by atomic mass is 32.2. The van der Waals surface area contributed by atoms with E-state index in [-0.39, 0.29) is 23.3 Å². The van der Waals surface area contributed by atoms with Crippen LogP contribution in [0.1, 0.15) is 25.7 Å². The molecule has 2 aromatic rings. The maximum absolute atomic E-state index is 13.4. The Bertz CT molecular complexity index is 1240. The summed E-state index contributed by atoms with van der Waals surface area (Å²) in [5.41, 5.74) is 5.13. The Kier molecular flexibility index (Phi) is 7.22. The molecule has 4 rings (SSSR count). The SMILES string of the molecule is CN(C(=O)CC(NS(=O)(=O)c1ccc2ccccc2c1)C(=O)C1CC1(N)C=NN)C1CCNCC1. The monoisotopic (exact) mass is 500 g/mol. The fraction of sp³-hybridized carbons (Fsp3) is 0.458. The van der Waals surface area contributed by atoms with Crippen LogP contribution in [-0.4, -0.2) is 69.0 Å². The third kappa shape index (κ3) is 5.53. The van der Waals surface area contributed by atoms with Gasteiger partial charge in [0.05, 0.1) is 22.9 Å². The third-order valence-electron chi connectivity index (χ3n) is 7.01. The molecule has 2 aliphatic rings. The largest absolute Gasteiger partial charge is 0.343 e. The molecule has 3 atom stereocenters. The number of fused-ring (bicyclic) bond motifs is 1. The average Bonchev–Trinajstić information content (AvgIpc) is 3.53. The van der Waals surface area contributed by atoms with Gasteiger partial charge in [0, 0.05) is 25.2 Å². The Morgan fingerprint density at radius 2 is 1.91 bits per heavy atom. The quantitative estimate of drug-likeness (QED) is 0.219. The van der Waals surface area contributed by atoms with Crippen LogP contribution in [0.4, 0.5) is 0 Å². The van der Waals surface area contributed by atoms with Crippen molar-refractivity contribution in [1.29, 1.82) is 0 Å². The number of carbonyl (C=O) groups is 2. The molecule has 0 bridgehead atoms. The highest BCUT2D eigenvalue weighted by Crippen LogP contribution is 2.41. The molecule has 3 unspecified atom stereocenters. The number of carbonyl (C=O) groups excluding carboxylic acids is 2. The fourth-order valence-electron chi connectivity index (χ4n) is 4.69. The second-order valence-electron chi connectivity index (χ2n) is 9.42. The molecule has 0 radical (unpaired) electrons. The first kappa shape index (κ1) is 25.2. The molecule has 2 aromatic carbocycles. The van der Waals surface area contributed by atoms with E-state index in [4.69, 9.17) is 11.6 Å². The lowest BCUT2D eigenvalue weighted by molar-refractivity contribution is -0.135. The average molecular weight is 501 g/mol. The molecule has 188 valence electrons. The van der Waals surface area contributed by atoms with Gasteiger partial charge >= 0.3 is 0 Å². The number of nitrogens with two attached hydrogens (primary N) is 2. The predicted molar refractivity (Wildman–Crippen MR) is 134 cm³/mol. The van der Waals surface area contributed by atoms with Crippen LogP contribution in [-0.2, 0) is 19.6 Å². The zero-order valence-corrected chi connectivity index (χ0v) is 20.5. The summed E-state index contributed by atoms with van der Waals surface area (Å²) in [5, 5.41) is 8.34. The predicted octanol–water partition coefficient (Wildman–Crippen LogP) is 0.318. The van der Waals surface area contributed by atoms with E-state index < -0.39 is 33.3 Å². The van der Waals surface area contributed by atoms with E-state index in [1.54, 1.807) is 24.1 Å². The molecule has 1 aliphatic heterocycles. The van der Waals surface area contributed by atoms with Crippen molar-refractivity contribution in [1.82, 2.24) is 14.9 Å². The molecule has 1 amide bonds. The topological polar surface area (TPSA) is 160 Å². The molecular weight excluding hydrogens is 468 g/mol. The Morgan fingerprint density at radius 3 is 2.60 bits per heavy atom. The number of piperidine rings is 1. The zero-order valence-electron chi connectivity index (χ0n) is 19.7. The molecule has 2 fully saturated rings. The van der Waals surface area contributed by atoms with Crippen LogP contribution in [0.15, 0.2) is 52.5 Å². The first-order chi connectivity index (χ1) is 16.6. The summed E-state index contributed by atoms with van der Waals surface area (Å²) in [6.07, 6.45) is 2.89. The van der Waals surface area contributed by atoms with E-state index in [1.807, 2.05) is 24.3 Å². The number of hydrogen-bond donors (Lipinski definition) is 4. The highest BCUT2D eigenvalue weighted by molar-refractivity contribution is 7.89. The van der Waals surface area contributed by atoms with Crippen molar-refractivity contribution in [2.75, 3.05) is 20.1 Å². The number of amides is 1. The molecular formula is C24H32N6O4S. The fourth-order valence-corrected chi connectivity index (χ4v) is 5.93. The summed E-state index contributed by atoms with van der Waals surface area (Å²) in [6.45, 7) is 1.60. The first-order valence-corrected chi connectivity index (χ1v) is 13.2. The Balaban J connectivity index is 1.57. The van der Waals surface area contributed by atoms with Gasteiger partial charge in [-0.05, 0) is 55.3 Å². The zero-order chi connectivity index (χ0) is 25.2. The van der Waals surface area contributed by atoms with Crippen LogP contribution in [0.5, 0.6) is 0 Å². The lowest BCUT2D eigenvalue weighted by Gasteiger charge is -2.32. The summed E-state index contributed by atoms with van der Waals surface area (Å²) in [7, 11) is -2.40. The lowest BCUT2D eigenvalue weighted by Crippen LogP contribution is -2.49. The number of Topliss-reactive ketones (excluding diaryl/α,β-unsaturated/α-hetero) is 1. The van der Waals surface area contributed by atoms with Gasteiger partial charge in [0.15, 0.2) is 5.78 Å². The number of nitrogens with zero attached hydrogens (tertiary/aromatic N) is 2. The van der Waals surface area contributed by atoms with Gasteiger partial charge in [-0.1, -0.05) is 30.3 Å². The van der Waals surface area contributed by atoms with Crippen molar-refractivity contribution in [3.05, 3.63) is 42.5 Å². The molecule has 1 saturated heterocycles. The molecule has 6 N–H and O–H groups in total. The maximum Gasteiger partial charge on any atom is 0.241 e. The number of benzene rings is 2. The standard InChI is InChI=1S/C24H32N6O4S/c1-30(18-8-10-27-11-9-18)22(31)13-21(23(32)20-14-24(20,25)15-28-26)29-35(33,34)19-7-6-16-4-2-3-5-17(16)12-19/h2-7,12,15,18,20-21,27,29H,8-11,13-14,25-26H2,1H3. The van der Waals surface area contributed by atoms with Crippen molar-refractivity contribution < 1.29 is 18.0 Å². The van der Waals surface area contributed by atoms with Gasteiger partial charge in [0.25, 0.3) is 0 Å². The van der Waals surface area contributed by atoms with Gasteiger partial charge in [-0.3, -0.25) is 9.59 Å². The third-order valence-corrected chi connectivity index (χ3v) is 8.47. The van der Waals surface area contributed by atoms with Gasteiger partial charge in [0.1, 0.15) is 0 Å². The molecule has 35 heavy (non-hydrogen) atoms. The molecule has 10 nitrogen and oxygen atoms in total. The van der Waals surface area contributed by atoms with E-state index >= 15 is 0 Å². The van der Waals surface area contributed by atoms with Gasteiger partial charge in [-0.15, -0.1) is 0 Å². The Morgan fingerprint density at radius 1 is 1.23 bits per heavy atom. The van der Waals surface area contributed by atoms with Gasteiger partial charge in [-0.25, -0.2) is 13.1 Å². The van der Waals surface area contributed by atoms with Gasteiger partial charge in [0.2, 0.25) is 15.9 Å². The minimum atomic E-state index is -4.10. The van der Waals surface area contributed by atoms with Crippen molar-refractivity contribution in [3.63, 3.8) is 0 Å². The summed E-state index contributed by atoms with van der Waals surface area (Å²) in [6, 6.07) is 10.9. The number of hydrazone groups is 1. The summed E-state index contributed by atoms with van der Waals surface area (Å²) in [5.74, 6) is 3.81. The van der Waals surface area contributed by atoms with Crippen molar-refractivity contribution in [2.45, 2.75) is 48.2 Å². The van der Waals surface area contributed by atoms with Crippen LogP contribution in [0.25, 0.3) is 10.8 Å². The summed E-state index contributed by atoms with van der Waals surface area (Å²) >= 11 is 0. The van der Waals surface area contributed by atoms with E-state index in [1.165, 1.54) is 12.3 Å². The number of hydrogen-bond acceptors (Lipinski definition) is 8. The van der Waals surface area contributed by atoms with Crippen molar-refractivity contribution in [2.24, 2.45) is 22.6 Å². The van der Waals surface area contributed by atoms with Crippen LogP contribution in [0.3, 0.4) is 0 Å². The normalized spacial score (nSPS) is 23.9. The van der Waals surface area contributed by atoms with Gasteiger partial charge < -0.3 is 21.8 Å². The van der Waals surface area contributed by atoms with Crippen LogP contribution >= 0.6 is 0 Å². The lowest BCUT2D eigenvalue weighted by atomic mass is 10.0. The van der Waals surface area contributed by atoms with Crippen LogP contribution in [0.2, 0.25) is 0 Å². The summed E-state index contributed by atoms with van der Waals surface area (Å²) in [4.78, 5) is 28.1. The minimum absolute atomic E-state index is 0.0199. The van der Waals surface area contributed by atoms with Crippen LogP contribution < -0.4 is 21.6 Å². The number of ketones is 1. The Hall–Kier alpha value is -2.86.